The number of nitrogens with zero attached hydrogens (tertiary/aromatic N) is 1. The van der Waals surface area contributed by atoms with Crippen molar-refractivity contribution in [3.05, 3.63) is 64.8 Å². The number of ether oxygens (including phenoxy) is 2. The molecule has 3 aromatic rings. The minimum atomic E-state index is -0.382. The molecule has 0 fully saturated rings. The molecule has 1 aliphatic heterocycles. The van der Waals surface area contributed by atoms with E-state index in [1.807, 2.05) is 24.3 Å². The van der Waals surface area contributed by atoms with E-state index in [0.717, 1.165) is 11.3 Å². The molecule has 1 N–H and O–H groups in total. The fourth-order valence-corrected chi connectivity index (χ4v) is 3.47. The molecule has 2 aromatic carbocycles. The number of fused-ring (bicyclic) bond motifs is 1. The molecule has 2 heterocycles. The third kappa shape index (κ3) is 3.54. The number of methoxy groups -OCH3 is 1. The van der Waals surface area contributed by atoms with Crippen LogP contribution in [0.2, 0.25) is 0 Å². The number of aromatic nitrogens is 1. The van der Waals surface area contributed by atoms with Gasteiger partial charge in [0.25, 0.3) is 5.91 Å². The number of amides is 1. The van der Waals surface area contributed by atoms with Gasteiger partial charge in [0.15, 0.2) is 5.13 Å². The number of hydrogen-bond donors (Lipinski definition) is 1. The molecule has 0 atom stereocenters. The third-order valence-electron chi connectivity index (χ3n) is 4.09. The molecule has 136 valence electrons. The zero-order chi connectivity index (χ0) is 18.8. The summed E-state index contributed by atoms with van der Waals surface area (Å²) in [6, 6.07) is 11.7. The summed E-state index contributed by atoms with van der Waals surface area (Å²) in [5, 5.41) is 4.93. The third-order valence-corrected chi connectivity index (χ3v) is 4.84. The van der Waals surface area contributed by atoms with Crippen LogP contribution in [0.15, 0.2) is 53.4 Å². The summed E-state index contributed by atoms with van der Waals surface area (Å²) in [4.78, 5) is 16.9. The van der Waals surface area contributed by atoms with Crippen molar-refractivity contribution in [3.63, 3.8) is 0 Å². The van der Waals surface area contributed by atoms with Crippen LogP contribution < -0.4 is 14.8 Å². The Bertz CT molecular complexity index is 1050. The van der Waals surface area contributed by atoms with Crippen LogP contribution in [0.4, 0.5) is 9.52 Å². The number of halogens is 1. The van der Waals surface area contributed by atoms with Crippen molar-refractivity contribution in [2.45, 2.75) is 0 Å². The highest BCUT2D eigenvalue weighted by Gasteiger charge is 2.19. The summed E-state index contributed by atoms with van der Waals surface area (Å²) >= 11 is 1.26. The van der Waals surface area contributed by atoms with Gasteiger partial charge >= 0.3 is 0 Å². The zero-order valence-electron chi connectivity index (χ0n) is 14.4. The van der Waals surface area contributed by atoms with E-state index < -0.39 is 0 Å². The smallest absolute Gasteiger partial charge is 0.256 e. The van der Waals surface area contributed by atoms with Gasteiger partial charge in [-0.3, -0.25) is 10.1 Å². The van der Waals surface area contributed by atoms with Crippen LogP contribution in [0, 0.1) is 5.82 Å². The summed E-state index contributed by atoms with van der Waals surface area (Å²) in [5.41, 5.74) is 2.43. The first-order chi connectivity index (χ1) is 13.1. The topological polar surface area (TPSA) is 60.5 Å². The van der Waals surface area contributed by atoms with Crippen LogP contribution in [-0.4, -0.2) is 24.6 Å². The number of carbonyl (C=O) groups excluding carboxylic acids is 1. The van der Waals surface area contributed by atoms with E-state index in [4.69, 9.17) is 9.47 Å². The predicted octanol–water partition coefficient (Wildman–Crippen LogP) is 4.37. The highest BCUT2D eigenvalue weighted by molar-refractivity contribution is 7.14. The standard InChI is InChI=1S/C20H15FN2O3S/c1-25-18-7-6-14(21)9-15(18)16-11-27-20(22-16)23-19(24)13-8-12-4-2-3-5-17(12)26-10-13/h2-9,11H,10H2,1H3,(H,22,23,24). The first-order valence-corrected chi connectivity index (χ1v) is 9.05. The maximum Gasteiger partial charge on any atom is 0.256 e. The number of rotatable bonds is 4. The Morgan fingerprint density at radius 2 is 2.15 bits per heavy atom. The van der Waals surface area contributed by atoms with Crippen LogP contribution >= 0.6 is 11.3 Å². The number of thiazole rings is 1. The normalized spacial score (nSPS) is 12.6. The average Bonchev–Trinajstić information content (AvgIpc) is 3.16. The SMILES string of the molecule is COc1ccc(F)cc1-c1csc(NC(=O)C2=Cc3ccccc3OC2)n1. The fourth-order valence-electron chi connectivity index (χ4n) is 2.76. The first kappa shape index (κ1) is 17.2. The van der Waals surface area contributed by atoms with Gasteiger partial charge in [0.2, 0.25) is 0 Å². The second-order valence-electron chi connectivity index (χ2n) is 5.83. The number of para-hydroxylation sites is 1. The van der Waals surface area contributed by atoms with E-state index in [1.165, 1.54) is 30.6 Å². The van der Waals surface area contributed by atoms with Gasteiger partial charge < -0.3 is 9.47 Å². The van der Waals surface area contributed by atoms with Crippen LogP contribution in [0.25, 0.3) is 17.3 Å². The molecule has 27 heavy (non-hydrogen) atoms. The Morgan fingerprint density at radius 1 is 1.30 bits per heavy atom. The second kappa shape index (κ2) is 7.20. The van der Waals surface area contributed by atoms with Crippen molar-refractivity contribution in [1.82, 2.24) is 4.98 Å². The van der Waals surface area contributed by atoms with Gasteiger partial charge in [-0.15, -0.1) is 11.3 Å². The minimum Gasteiger partial charge on any atom is -0.496 e. The molecular weight excluding hydrogens is 367 g/mol. The van der Waals surface area contributed by atoms with Crippen molar-refractivity contribution in [2.75, 3.05) is 19.0 Å². The van der Waals surface area contributed by atoms with Gasteiger partial charge in [-0.05, 0) is 30.3 Å². The summed E-state index contributed by atoms with van der Waals surface area (Å²) < 4.78 is 24.4. The molecule has 0 saturated heterocycles. The highest BCUT2D eigenvalue weighted by Crippen LogP contribution is 2.33. The molecule has 5 nitrogen and oxygen atoms in total. The molecule has 1 aromatic heterocycles. The fraction of sp³-hybridized carbons (Fsp3) is 0.100. The lowest BCUT2D eigenvalue weighted by atomic mass is 10.1. The quantitative estimate of drug-likeness (QED) is 0.728. The first-order valence-electron chi connectivity index (χ1n) is 8.17. The molecule has 1 amide bonds. The lowest BCUT2D eigenvalue weighted by Gasteiger charge is -2.16. The predicted molar refractivity (Wildman–Crippen MR) is 103 cm³/mol. The van der Waals surface area contributed by atoms with Crippen molar-refractivity contribution < 1.29 is 18.7 Å². The largest absolute Gasteiger partial charge is 0.496 e. The van der Waals surface area contributed by atoms with E-state index in [9.17, 15) is 9.18 Å². The molecule has 4 rings (SSSR count). The van der Waals surface area contributed by atoms with Crippen LogP contribution in [0.3, 0.4) is 0 Å². The minimum absolute atomic E-state index is 0.193. The molecule has 0 aliphatic carbocycles. The molecule has 0 radical (unpaired) electrons. The van der Waals surface area contributed by atoms with Crippen LogP contribution in [0.5, 0.6) is 11.5 Å². The Hall–Kier alpha value is -3.19. The number of benzene rings is 2. The zero-order valence-corrected chi connectivity index (χ0v) is 15.2. The summed E-state index contributed by atoms with van der Waals surface area (Å²) in [6.45, 7) is 0.193. The Labute approximate surface area is 159 Å². The van der Waals surface area contributed by atoms with E-state index in [1.54, 1.807) is 17.5 Å². The Balaban J connectivity index is 1.54. The summed E-state index contributed by atoms with van der Waals surface area (Å²) in [6.07, 6.45) is 1.80. The van der Waals surface area contributed by atoms with Gasteiger partial charge in [0, 0.05) is 16.5 Å². The van der Waals surface area contributed by atoms with Crippen molar-refractivity contribution in [2.24, 2.45) is 0 Å². The molecule has 7 heteroatoms. The van der Waals surface area contributed by atoms with Gasteiger partial charge in [0.1, 0.15) is 23.9 Å². The molecule has 0 unspecified atom stereocenters. The monoisotopic (exact) mass is 382 g/mol. The van der Waals surface area contributed by atoms with Gasteiger partial charge in [-0.25, -0.2) is 9.37 Å². The van der Waals surface area contributed by atoms with Gasteiger partial charge in [-0.1, -0.05) is 18.2 Å². The molecule has 0 saturated carbocycles. The molecule has 0 bridgehead atoms. The molecule has 0 spiro atoms. The Morgan fingerprint density at radius 3 is 3.00 bits per heavy atom. The lowest BCUT2D eigenvalue weighted by Crippen LogP contribution is -2.21. The highest BCUT2D eigenvalue weighted by atomic mass is 32.1. The van der Waals surface area contributed by atoms with Gasteiger partial charge in [-0.2, -0.15) is 0 Å². The van der Waals surface area contributed by atoms with Crippen molar-refractivity contribution in [3.8, 4) is 22.8 Å². The van der Waals surface area contributed by atoms with E-state index in [2.05, 4.69) is 10.3 Å². The number of carbonyl (C=O) groups is 1. The Kier molecular flexibility index (Phi) is 4.60. The molecule has 1 aliphatic rings. The number of nitrogens with one attached hydrogen (secondary N) is 1. The van der Waals surface area contributed by atoms with Crippen LogP contribution in [0.1, 0.15) is 5.56 Å². The maximum atomic E-state index is 13.6. The van der Waals surface area contributed by atoms with Crippen molar-refractivity contribution in [1.29, 1.82) is 0 Å². The molecular formula is C20H15FN2O3S. The summed E-state index contributed by atoms with van der Waals surface area (Å²) in [7, 11) is 1.51. The maximum absolute atomic E-state index is 13.6. The van der Waals surface area contributed by atoms with Crippen molar-refractivity contribution >= 4 is 28.5 Å². The number of anilines is 1. The van der Waals surface area contributed by atoms with E-state index >= 15 is 0 Å². The average molecular weight is 382 g/mol. The van der Waals surface area contributed by atoms with E-state index in [0.29, 0.717) is 27.7 Å². The second-order valence-corrected chi connectivity index (χ2v) is 6.69. The number of hydrogen-bond acceptors (Lipinski definition) is 5. The van der Waals surface area contributed by atoms with E-state index in [-0.39, 0.29) is 18.3 Å². The van der Waals surface area contributed by atoms with Gasteiger partial charge in [0.05, 0.1) is 18.4 Å². The lowest BCUT2D eigenvalue weighted by molar-refractivity contribution is -0.113. The van der Waals surface area contributed by atoms with Crippen LogP contribution in [-0.2, 0) is 4.79 Å². The summed E-state index contributed by atoms with van der Waals surface area (Å²) in [5.74, 6) is 0.604.